The first kappa shape index (κ1) is 9.00. The molecule has 0 fully saturated rings. The fraction of sp³-hybridized carbons (Fsp3) is 0.250. The zero-order valence-corrected chi connectivity index (χ0v) is 7.43. The second-order valence-electron chi connectivity index (χ2n) is 2.22. The molecule has 1 heterocycles. The van der Waals surface area contributed by atoms with Crippen LogP contribution in [0.25, 0.3) is 0 Å². The first-order valence-electron chi connectivity index (χ1n) is 3.63. The van der Waals surface area contributed by atoms with Gasteiger partial charge in [0.2, 0.25) is 0 Å². The van der Waals surface area contributed by atoms with E-state index in [0.29, 0.717) is 17.3 Å². The molecule has 1 aromatic rings. The van der Waals surface area contributed by atoms with E-state index in [-0.39, 0.29) is 5.91 Å². The standard InChI is InChI=1S/C8H9ClN2O/c1-2-10-8(12)7-4-3-6(9)5-11-7/h3-5H,2H2,1H3,(H,10,12). The molecule has 1 amide bonds. The molecule has 1 aromatic heterocycles. The van der Waals surface area contributed by atoms with E-state index in [9.17, 15) is 4.79 Å². The van der Waals surface area contributed by atoms with Gasteiger partial charge in [0.1, 0.15) is 5.69 Å². The Hall–Kier alpha value is -1.09. The lowest BCUT2D eigenvalue weighted by molar-refractivity contribution is 0.0951. The highest BCUT2D eigenvalue weighted by Crippen LogP contribution is 2.05. The average molecular weight is 185 g/mol. The van der Waals surface area contributed by atoms with Crippen LogP contribution in [0, 0.1) is 0 Å². The molecule has 0 unspecified atom stereocenters. The predicted molar refractivity (Wildman–Crippen MR) is 47.3 cm³/mol. The third-order valence-corrected chi connectivity index (χ3v) is 1.52. The maximum absolute atomic E-state index is 11.1. The third-order valence-electron chi connectivity index (χ3n) is 1.30. The minimum absolute atomic E-state index is 0.172. The van der Waals surface area contributed by atoms with Crippen molar-refractivity contribution in [2.75, 3.05) is 6.54 Å². The molecule has 1 N–H and O–H groups in total. The smallest absolute Gasteiger partial charge is 0.269 e. The van der Waals surface area contributed by atoms with Gasteiger partial charge in [-0.25, -0.2) is 4.98 Å². The predicted octanol–water partition coefficient (Wildman–Crippen LogP) is 1.48. The highest BCUT2D eigenvalue weighted by molar-refractivity contribution is 6.30. The molecule has 3 nitrogen and oxygen atoms in total. The summed E-state index contributed by atoms with van der Waals surface area (Å²) >= 11 is 5.60. The van der Waals surface area contributed by atoms with Crippen molar-refractivity contribution in [3.63, 3.8) is 0 Å². The molecule has 4 heteroatoms. The van der Waals surface area contributed by atoms with Crippen molar-refractivity contribution < 1.29 is 4.79 Å². The van der Waals surface area contributed by atoms with Gasteiger partial charge in [0.05, 0.1) is 5.02 Å². The number of amides is 1. The van der Waals surface area contributed by atoms with Gasteiger partial charge < -0.3 is 5.32 Å². The number of nitrogens with zero attached hydrogens (tertiary/aromatic N) is 1. The number of hydrogen-bond donors (Lipinski definition) is 1. The first-order chi connectivity index (χ1) is 5.74. The van der Waals surface area contributed by atoms with Crippen LogP contribution < -0.4 is 5.32 Å². The van der Waals surface area contributed by atoms with Crippen LogP contribution in [0.15, 0.2) is 18.3 Å². The van der Waals surface area contributed by atoms with Crippen LogP contribution in [0.1, 0.15) is 17.4 Å². The lowest BCUT2D eigenvalue weighted by atomic mass is 10.3. The Morgan fingerprint density at radius 1 is 1.67 bits per heavy atom. The summed E-state index contributed by atoms with van der Waals surface area (Å²) in [5.74, 6) is -0.172. The number of hydrogen-bond acceptors (Lipinski definition) is 2. The molecule has 0 atom stereocenters. The topological polar surface area (TPSA) is 42.0 Å². The summed E-state index contributed by atoms with van der Waals surface area (Å²) in [6.07, 6.45) is 1.45. The molecule has 0 spiro atoms. The number of pyridine rings is 1. The maximum Gasteiger partial charge on any atom is 0.269 e. The number of carbonyl (C=O) groups is 1. The van der Waals surface area contributed by atoms with Gasteiger partial charge in [-0.15, -0.1) is 0 Å². The largest absolute Gasteiger partial charge is 0.351 e. The van der Waals surface area contributed by atoms with E-state index in [1.165, 1.54) is 6.20 Å². The fourth-order valence-corrected chi connectivity index (χ4v) is 0.873. The minimum Gasteiger partial charge on any atom is -0.351 e. The number of halogens is 1. The Morgan fingerprint density at radius 3 is 2.92 bits per heavy atom. The molecule has 0 aliphatic heterocycles. The Morgan fingerprint density at radius 2 is 2.42 bits per heavy atom. The summed E-state index contributed by atoms with van der Waals surface area (Å²) in [6.45, 7) is 2.46. The van der Waals surface area contributed by atoms with Crippen molar-refractivity contribution in [3.8, 4) is 0 Å². The summed E-state index contributed by atoms with van der Waals surface area (Å²) in [6, 6.07) is 3.23. The summed E-state index contributed by atoms with van der Waals surface area (Å²) < 4.78 is 0. The van der Waals surface area contributed by atoms with Crippen molar-refractivity contribution in [2.24, 2.45) is 0 Å². The molecule has 0 aromatic carbocycles. The molecule has 0 radical (unpaired) electrons. The van der Waals surface area contributed by atoms with Gasteiger partial charge in [0.25, 0.3) is 5.91 Å². The number of carbonyl (C=O) groups excluding carboxylic acids is 1. The Bertz CT molecular complexity index is 271. The maximum atomic E-state index is 11.1. The van der Waals surface area contributed by atoms with Crippen molar-refractivity contribution in [1.82, 2.24) is 10.3 Å². The second-order valence-corrected chi connectivity index (χ2v) is 2.66. The Kier molecular flexibility index (Phi) is 3.05. The lowest BCUT2D eigenvalue weighted by Crippen LogP contribution is -2.23. The van der Waals surface area contributed by atoms with Crippen molar-refractivity contribution in [1.29, 1.82) is 0 Å². The van der Waals surface area contributed by atoms with Gasteiger partial charge in [-0.3, -0.25) is 4.79 Å². The Labute approximate surface area is 75.8 Å². The van der Waals surface area contributed by atoms with E-state index in [1.54, 1.807) is 12.1 Å². The second kappa shape index (κ2) is 4.07. The van der Waals surface area contributed by atoms with Gasteiger partial charge in [0.15, 0.2) is 0 Å². The molecular formula is C8H9ClN2O. The molecule has 1 rings (SSSR count). The fourth-order valence-electron chi connectivity index (χ4n) is 0.761. The highest BCUT2D eigenvalue weighted by Gasteiger charge is 2.03. The normalized spacial score (nSPS) is 9.50. The Balaban J connectivity index is 2.75. The van der Waals surface area contributed by atoms with Gasteiger partial charge in [0, 0.05) is 12.7 Å². The van der Waals surface area contributed by atoms with Crippen molar-refractivity contribution in [3.05, 3.63) is 29.0 Å². The molecule has 0 saturated carbocycles. The van der Waals surface area contributed by atoms with Crippen LogP contribution in [-0.2, 0) is 0 Å². The average Bonchev–Trinajstić information content (AvgIpc) is 2.06. The van der Waals surface area contributed by atoms with Crippen LogP contribution >= 0.6 is 11.6 Å². The minimum atomic E-state index is -0.172. The van der Waals surface area contributed by atoms with Crippen LogP contribution in [-0.4, -0.2) is 17.4 Å². The van der Waals surface area contributed by atoms with E-state index >= 15 is 0 Å². The van der Waals surface area contributed by atoms with E-state index in [1.807, 2.05) is 6.92 Å². The zero-order chi connectivity index (χ0) is 8.97. The number of nitrogens with one attached hydrogen (secondary N) is 1. The number of rotatable bonds is 2. The molecule has 64 valence electrons. The third kappa shape index (κ3) is 2.20. The summed E-state index contributed by atoms with van der Waals surface area (Å²) in [7, 11) is 0. The molecule has 0 bridgehead atoms. The van der Waals surface area contributed by atoms with Gasteiger partial charge in [-0.05, 0) is 19.1 Å². The molecule has 12 heavy (non-hydrogen) atoms. The SMILES string of the molecule is CCNC(=O)c1ccc(Cl)cn1. The van der Waals surface area contributed by atoms with Gasteiger partial charge in [-0.1, -0.05) is 11.6 Å². The van der Waals surface area contributed by atoms with E-state index in [0.717, 1.165) is 0 Å². The summed E-state index contributed by atoms with van der Waals surface area (Å²) in [5, 5.41) is 3.17. The van der Waals surface area contributed by atoms with Crippen molar-refractivity contribution in [2.45, 2.75) is 6.92 Å². The monoisotopic (exact) mass is 184 g/mol. The summed E-state index contributed by atoms with van der Waals surface area (Å²) in [4.78, 5) is 15.0. The number of aromatic nitrogens is 1. The zero-order valence-electron chi connectivity index (χ0n) is 6.67. The van der Waals surface area contributed by atoms with E-state index in [4.69, 9.17) is 11.6 Å². The lowest BCUT2D eigenvalue weighted by Gasteiger charge is -1.99. The van der Waals surface area contributed by atoms with Crippen molar-refractivity contribution >= 4 is 17.5 Å². The van der Waals surface area contributed by atoms with Crippen LogP contribution in [0.4, 0.5) is 0 Å². The molecule has 0 aliphatic rings. The van der Waals surface area contributed by atoms with E-state index < -0.39 is 0 Å². The van der Waals surface area contributed by atoms with Crippen LogP contribution in [0.3, 0.4) is 0 Å². The van der Waals surface area contributed by atoms with Crippen LogP contribution in [0.5, 0.6) is 0 Å². The van der Waals surface area contributed by atoms with E-state index in [2.05, 4.69) is 10.3 Å². The van der Waals surface area contributed by atoms with Crippen LogP contribution in [0.2, 0.25) is 5.02 Å². The quantitative estimate of drug-likeness (QED) is 0.757. The molecule has 0 aliphatic carbocycles. The molecular weight excluding hydrogens is 176 g/mol. The highest BCUT2D eigenvalue weighted by atomic mass is 35.5. The summed E-state index contributed by atoms with van der Waals surface area (Å²) in [5.41, 5.74) is 0.390. The van der Waals surface area contributed by atoms with Gasteiger partial charge >= 0.3 is 0 Å². The first-order valence-corrected chi connectivity index (χ1v) is 4.01. The van der Waals surface area contributed by atoms with Gasteiger partial charge in [-0.2, -0.15) is 0 Å². The molecule has 0 saturated heterocycles.